The first kappa shape index (κ1) is 17.5. The van der Waals surface area contributed by atoms with Crippen LogP contribution in [-0.2, 0) is 12.5 Å². The molecule has 0 aliphatic heterocycles. The van der Waals surface area contributed by atoms with Crippen molar-refractivity contribution in [2.75, 3.05) is 0 Å². The van der Waals surface area contributed by atoms with Crippen molar-refractivity contribution in [3.05, 3.63) is 76.4 Å². The molecule has 3 aliphatic carbocycles. The lowest BCUT2D eigenvalue weighted by molar-refractivity contribution is 0.145. The number of rotatable bonds is 4. The highest BCUT2D eigenvalue weighted by molar-refractivity contribution is 5.83. The molecule has 1 spiro atoms. The number of aromatic nitrogens is 5. The van der Waals surface area contributed by atoms with Crippen molar-refractivity contribution >= 4 is 10.9 Å². The van der Waals surface area contributed by atoms with E-state index in [1.54, 1.807) is 6.33 Å². The molecule has 6 nitrogen and oxygen atoms in total. The first-order chi connectivity index (χ1) is 15.1. The maximum Gasteiger partial charge on any atom is 0.279 e. The summed E-state index contributed by atoms with van der Waals surface area (Å²) in [6, 6.07) is 10.6. The molecule has 31 heavy (non-hydrogen) atoms. The van der Waals surface area contributed by atoms with Crippen molar-refractivity contribution in [2.45, 2.75) is 49.9 Å². The Balaban J connectivity index is 1.39. The number of nitrogens with zero attached hydrogens (tertiary/aromatic N) is 4. The molecule has 4 aromatic rings. The molecule has 3 aliphatic rings. The lowest BCUT2D eigenvalue weighted by atomic mass is 9.56. The van der Waals surface area contributed by atoms with Crippen LogP contribution in [-0.4, -0.2) is 24.3 Å². The van der Waals surface area contributed by atoms with Crippen LogP contribution < -0.4 is 5.56 Å². The second-order valence-electron chi connectivity index (χ2n) is 10.1. The molecule has 1 aromatic carbocycles. The highest BCUT2D eigenvalue weighted by Crippen LogP contribution is 2.70. The van der Waals surface area contributed by atoms with Crippen LogP contribution in [0.2, 0.25) is 0 Å². The molecule has 3 heterocycles. The summed E-state index contributed by atoms with van der Waals surface area (Å²) in [5, 5.41) is 9.77. The van der Waals surface area contributed by atoms with Crippen LogP contribution in [0.5, 0.6) is 0 Å². The molecule has 6 heteroatoms. The van der Waals surface area contributed by atoms with Crippen LogP contribution in [0.15, 0.2) is 53.8 Å². The molecule has 1 N–H and O–H groups in total. The monoisotopic (exact) mass is 411 g/mol. The first-order valence-corrected chi connectivity index (χ1v) is 11.3. The van der Waals surface area contributed by atoms with Crippen molar-refractivity contribution in [3.63, 3.8) is 0 Å². The Hall–Kier alpha value is -3.15. The van der Waals surface area contributed by atoms with Crippen LogP contribution in [0.4, 0.5) is 0 Å². The molecule has 0 unspecified atom stereocenters. The average Bonchev–Trinajstić information content (AvgIpc) is 3.66. The minimum Gasteiger partial charge on any atom is -0.357 e. The molecule has 3 aromatic heterocycles. The number of aryl methyl sites for hydroxylation is 1. The zero-order valence-electron chi connectivity index (χ0n) is 17.6. The minimum absolute atomic E-state index is 0.0153. The van der Waals surface area contributed by atoms with Gasteiger partial charge in [-0.2, -0.15) is 0 Å². The zero-order chi connectivity index (χ0) is 20.8. The number of H-pyrrole nitrogens is 1. The van der Waals surface area contributed by atoms with Crippen LogP contribution in [0, 0.1) is 5.41 Å². The molecule has 0 amide bonds. The Kier molecular flexibility index (Phi) is 3.25. The third-order valence-corrected chi connectivity index (χ3v) is 7.90. The lowest BCUT2D eigenvalue weighted by Gasteiger charge is -2.48. The van der Waals surface area contributed by atoms with Crippen LogP contribution in [0.3, 0.4) is 0 Å². The van der Waals surface area contributed by atoms with Gasteiger partial charge in [-0.25, -0.2) is 0 Å². The van der Waals surface area contributed by atoms with Crippen molar-refractivity contribution in [2.24, 2.45) is 12.5 Å². The Morgan fingerprint density at radius 2 is 2.00 bits per heavy atom. The van der Waals surface area contributed by atoms with E-state index in [0.717, 1.165) is 29.7 Å². The molecule has 0 bridgehead atoms. The summed E-state index contributed by atoms with van der Waals surface area (Å²) < 4.78 is 3.90. The predicted molar refractivity (Wildman–Crippen MR) is 119 cm³/mol. The quantitative estimate of drug-likeness (QED) is 0.548. The molecule has 3 saturated carbocycles. The molecule has 156 valence electrons. The van der Waals surface area contributed by atoms with Crippen LogP contribution in [0.1, 0.15) is 61.4 Å². The molecule has 0 saturated heterocycles. The van der Waals surface area contributed by atoms with E-state index in [4.69, 9.17) is 0 Å². The van der Waals surface area contributed by atoms with Crippen molar-refractivity contribution in [1.29, 1.82) is 0 Å². The number of hydrogen-bond donors (Lipinski definition) is 1. The van der Waals surface area contributed by atoms with Gasteiger partial charge >= 0.3 is 0 Å². The smallest absolute Gasteiger partial charge is 0.279 e. The third kappa shape index (κ3) is 2.42. The average molecular weight is 412 g/mol. The largest absolute Gasteiger partial charge is 0.357 e. The summed E-state index contributed by atoms with van der Waals surface area (Å²) in [6.45, 7) is 0. The molecule has 0 atom stereocenters. The van der Waals surface area contributed by atoms with Crippen molar-refractivity contribution < 1.29 is 0 Å². The Morgan fingerprint density at radius 1 is 1.16 bits per heavy atom. The van der Waals surface area contributed by atoms with Gasteiger partial charge in [-0.3, -0.25) is 9.36 Å². The van der Waals surface area contributed by atoms with E-state index in [1.807, 2.05) is 29.9 Å². The predicted octanol–water partition coefficient (Wildman–Crippen LogP) is 4.18. The van der Waals surface area contributed by atoms with Gasteiger partial charge in [0, 0.05) is 30.5 Å². The van der Waals surface area contributed by atoms with Gasteiger partial charge in [-0.1, -0.05) is 12.1 Å². The van der Waals surface area contributed by atoms with E-state index in [2.05, 4.69) is 44.1 Å². The fourth-order valence-corrected chi connectivity index (χ4v) is 6.01. The fraction of sp³-hybridized carbons (Fsp3) is 0.400. The van der Waals surface area contributed by atoms with Crippen LogP contribution >= 0.6 is 0 Å². The van der Waals surface area contributed by atoms with Gasteiger partial charge < -0.3 is 9.55 Å². The topological polar surface area (TPSA) is 68.5 Å². The van der Waals surface area contributed by atoms with Crippen LogP contribution in [0.25, 0.3) is 16.6 Å². The van der Waals surface area contributed by atoms with Gasteiger partial charge in [0.2, 0.25) is 0 Å². The van der Waals surface area contributed by atoms with E-state index >= 15 is 0 Å². The van der Waals surface area contributed by atoms with Gasteiger partial charge in [0.25, 0.3) is 5.56 Å². The summed E-state index contributed by atoms with van der Waals surface area (Å²) in [7, 11) is 2.03. The number of benzene rings is 1. The number of nitrogens with one attached hydrogen (secondary N) is 1. The number of fused-ring (bicyclic) bond motifs is 1. The van der Waals surface area contributed by atoms with Crippen molar-refractivity contribution in [3.8, 4) is 5.69 Å². The second kappa shape index (κ2) is 5.75. The summed E-state index contributed by atoms with van der Waals surface area (Å²) in [5.74, 6) is 1.60. The number of aromatic amines is 1. The Labute approximate surface area is 179 Å². The Morgan fingerprint density at radius 3 is 2.71 bits per heavy atom. The van der Waals surface area contributed by atoms with E-state index in [-0.39, 0.29) is 11.0 Å². The maximum absolute atomic E-state index is 13.3. The minimum atomic E-state index is -0.114. The SMILES string of the molecule is Cn1cnnc1C1(c2cccc(-n3cc(C4CC4)c4cc[nH]c4c3=O)c2)CC2(CC2)C1. The normalized spacial score (nSPS) is 20.8. The summed E-state index contributed by atoms with van der Waals surface area (Å²) in [6.07, 6.45) is 13.0. The van der Waals surface area contributed by atoms with E-state index in [9.17, 15) is 4.79 Å². The molecule has 7 rings (SSSR count). The lowest BCUT2D eigenvalue weighted by Crippen LogP contribution is -2.45. The van der Waals surface area contributed by atoms with Gasteiger partial charge in [0.15, 0.2) is 0 Å². The Bertz CT molecular complexity index is 1390. The zero-order valence-corrected chi connectivity index (χ0v) is 17.6. The summed E-state index contributed by atoms with van der Waals surface area (Å²) in [4.78, 5) is 16.5. The number of hydrogen-bond acceptors (Lipinski definition) is 3. The highest BCUT2D eigenvalue weighted by Gasteiger charge is 2.63. The van der Waals surface area contributed by atoms with Crippen molar-refractivity contribution in [1.82, 2.24) is 24.3 Å². The van der Waals surface area contributed by atoms with Gasteiger partial charge in [-0.05, 0) is 79.2 Å². The standard InChI is InChI=1S/C25H25N5O/c1-29-15-27-28-23(29)25(13-24(14-25)8-9-24)17-3-2-4-18(11-17)30-12-20(16-5-6-16)19-7-10-26-21(19)22(30)31/h2-4,7,10-12,15-16,26H,5-6,8-9,13-14H2,1H3. The van der Waals surface area contributed by atoms with E-state index in [0.29, 0.717) is 16.8 Å². The summed E-state index contributed by atoms with van der Waals surface area (Å²) >= 11 is 0. The summed E-state index contributed by atoms with van der Waals surface area (Å²) in [5.41, 5.74) is 4.56. The molecular formula is C25H25N5O. The van der Waals surface area contributed by atoms with Gasteiger partial charge in [-0.15, -0.1) is 10.2 Å². The third-order valence-electron chi connectivity index (χ3n) is 7.90. The first-order valence-electron chi connectivity index (χ1n) is 11.3. The fourth-order valence-electron chi connectivity index (χ4n) is 6.01. The second-order valence-corrected chi connectivity index (χ2v) is 10.1. The number of pyridine rings is 1. The molecule has 3 fully saturated rings. The molecular weight excluding hydrogens is 386 g/mol. The van der Waals surface area contributed by atoms with Gasteiger partial charge in [0.1, 0.15) is 17.7 Å². The maximum atomic E-state index is 13.3. The van der Waals surface area contributed by atoms with E-state index < -0.39 is 0 Å². The van der Waals surface area contributed by atoms with Gasteiger partial charge in [0.05, 0.1) is 5.41 Å². The van der Waals surface area contributed by atoms with E-state index in [1.165, 1.54) is 36.8 Å². The highest BCUT2D eigenvalue weighted by atomic mass is 16.1. The molecule has 0 radical (unpaired) electrons.